The average Bonchev–Trinajstić information content (AvgIpc) is 2.79. The maximum absolute atomic E-state index is 12.8. The molecule has 0 bridgehead atoms. The van der Waals surface area contributed by atoms with Crippen LogP contribution in [0.5, 0.6) is 0 Å². The second kappa shape index (κ2) is 11.6. The van der Waals surface area contributed by atoms with Gasteiger partial charge in [0, 0.05) is 44.0 Å². The monoisotopic (exact) mass is 581 g/mol. The van der Waals surface area contributed by atoms with E-state index in [4.69, 9.17) is 23.4 Å². The summed E-state index contributed by atoms with van der Waals surface area (Å²) in [7, 11) is -6.10. The molecule has 1 aliphatic rings. The van der Waals surface area contributed by atoms with E-state index in [1.54, 1.807) is 6.07 Å². The summed E-state index contributed by atoms with van der Waals surface area (Å²) < 4.78 is 91.6. The van der Waals surface area contributed by atoms with Crippen molar-refractivity contribution in [2.24, 2.45) is 0 Å². The van der Waals surface area contributed by atoms with Gasteiger partial charge in [-0.3, -0.25) is 18.6 Å². The molecule has 3 unspecified atom stereocenters. The number of carbonyl (C=O) groups excluding carboxylic acids is 3. The lowest BCUT2D eigenvalue weighted by atomic mass is 9.95. The molecule has 0 radical (unpaired) electrons. The third-order valence-corrected chi connectivity index (χ3v) is 6.17. The summed E-state index contributed by atoms with van der Waals surface area (Å²) in [5.41, 5.74) is -6.09. The van der Waals surface area contributed by atoms with E-state index in [-0.39, 0.29) is 11.3 Å². The number of ether oxygens (including phenoxy) is 4. The Kier molecular flexibility index (Phi) is 8.87. The molecule has 39 heavy (non-hydrogen) atoms. The van der Waals surface area contributed by atoms with Gasteiger partial charge >= 0.3 is 39.2 Å². The summed E-state index contributed by atoms with van der Waals surface area (Å²) in [6, 6.07) is 5.73. The van der Waals surface area contributed by atoms with Crippen LogP contribution < -0.4 is 10.9 Å². The Bertz CT molecular complexity index is 1410. The van der Waals surface area contributed by atoms with Crippen LogP contribution in [-0.2, 0) is 47.6 Å². The van der Waals surface area contributed by atoms with Crippen LogP contribution in [-0.4, -0.2) is 69.1 Å². The van der Waals surface area contributed by atoms with Crippen LogP contribution in [0.3, 0.4) is 0 Å². The Balaban J connectivity index is 2.04. The lowest BCUT2D eigenvalue weighted by Gasteiger charge is -2.44. The molecule has 214 valence electrons. The van der Waals surface area contributed by atoms with E-state index in [1.807, 2.05) is 0 Å². The molecule has 13 nitrogen and oxygen atoms in total. The number of rotatable bonds is 8. The Morgan fingerprint density at radius 2 is 1.54 bits per heavy atom. The zero-order valence-corrected chi connectivity index (χ0v) is 21.2. The van der Waals surface area contributed by atoms with Crippen LogP contribution in [0.25, 0.3) is 11.0 Å². The normalized spacial score (nSPS) is 23.6. The molecule has 1 fully saturated rings. The number of alkyl halides is 3. The predicted molar refractivity (Wildman–Crippen MR) is 122 cm³/mol. The molecule has 1 saturated heterocycles. The number of hydrogen-bond acceptors (Lipinski definition) is 13. The average molecular weight is 581 g/mol. The molecule has 1 N–H and O–H groups in total. The first-order valence-electron chi connectivity index (χ1n) is 11.0. The van der Waals surface area contributed by atoms with Crippen molar-refractivity contribution in [2.45, 2.75) is 56.9 Å². The minimum absolute atomic E-state index is 0.137. The van der Waals surface area contributed by atoms with Crippen molar-refractivity contribution in [3.05, 3.63) is 40.8 Å². The molecular weight excluding hydrogens is 559 g/mol. The lowest BCUT2D eigenvalue weighted by molar-refractivity contribution is -0.262. The fraction of sp³-hybridized carbons (Fsp3) is 0.455. The van der Waals surface area contributed by atoms with Gasteiger partial charge in [-0.05, 0) is 18.2 Å². The highest BCUT2D eigenvalue weighted by Crippen LogP contribution is 2.32. The molecule has 0 aliphatic carbocycles. The first-order chi connectivity index (χ1) is 18.1. The van der Waals surface area contributed by atoms with Gasteiger partial charge in [-0.15, -0.1) is 0 Å². The molecule has 1 aliphatic heterocycles. The van der Waals surface area contributed by atoms with E-state index in [0.29, 0.717) is 5.39 Å². The second-order valence-electron chi connectivity index (χ2n) is 8.16. The molecular formula is C22H22F3NO12S. The second-order valence-corrected chi connectivity index (χ2v) is 9.77. The quantitative estimate of drug-likeness (QED) is 0.157. The fourth-order valence-corrected chi connectivity index (χ4v) is 4.13. The van der Waals surface area contributed by atoms with Crippen LogP contribution in [0.2, 0.25) is 0 Å². The van der Waals surface area contributed by atoms with Gasteiger partial charge in [-0.25, -0.2) is 4.79 Å². The molecule has 2 heterocycles. The van der Waals surface area contributed by atoms with Gasteiger partial charge in [-0.1, -0.05) is 0 Å². The van der Waals surface area contributed by atoms with Gasteiger partial charge in [0.05, 0.1) is 6.61 Å². The molecule has 1 aromatic heterocycles. The van der Waals surface area contributed by atoms with Crippen LogP contribution in [0.15, 0.2) is 39.5 Å². The molecule has 17 heteroatoms. The molecule has 0 spiro atoms. The van der Waals surface area contributed by atoms with Crippen molar-refractivity contribution in [3.8, 4) is 0 Å². The number of halogens is 3. The van der Waals surface area contributed by atoms with Crippen LogP contribution >= 0.6 is 0 Å². The van der Waals surface area contributed by atoms with Gasteiger partial charge in [-0.2, -0.15) is 21.6 Å². The van der Waals surface area contributed by atoms with Crippen molar-refractivity contribution in [2.75, 3.05) is 11.9 Å². The van der Waals surface area contributed by atoms with Crippen molar-refractivity contribution >= 4 is 44.7 Å². The summed E-state index contributed by atoms with van der Waals surface area (Å²) in [6.45, 7) is 1.52. The minimum atomic E-state index is -6.10. The number of nitrogens with one attached hydrogen (secondary N) is 1. The molecule has 0 amide bonds. The van der Waals surface area contributed by atoms with E-state index in [1.165, 1.54) is 24.3 Å². The topological polar surface area (TPSA) is 174 Å². The SMILES string of the molecule is CC(=O)OC1OC(COS(=O)(=O)C(F)(F)F)[C@H](OC(C)=O)[C@@H](OC(C)=O)C1Nc1ccc2ccc(=O)oc2c1. The number of hydrogen-bond donors (Lipinski definition) is 1. The number of benzene rings is 1. The van der Waals surface area contributed by atoms with Gasteiger partial charge < -0.3 is 28.7 Å². The maximum atomic E-state index is 12.8. The van der Waals surface area contributed by atoms with Crippen molar-refractivity contribution in [1.82, 2.24) is 0 Å². The summed E-state index contributed by atoms with van der Waals surface area (Å²) in [4.78, 5) is 47.2. The lowest BCUT2D eigenvalue weighted by Crippen LogP contribution is -2.64. The van der Waals surface area contributed by atoms with Gasteiger partial charge in [0.1, 0.15) is 17.7 Å². The smallest absolute Gasteiger partial charge is 0.456 e. The standard InChI is InChI=1S/C22H22F3NO12S/c1-10(27)34-19-16(9-33-39(31,32)22(23,24)25)38-21(36-12(3)29)18(20(19)35-11(2)28)26-14-6-4-13-5-7-17(30)37-15(13)8-14/h4-8,16,18-21,26H,9H2,1-3H3/t16?,18?,19-,20-,21?/m0/s1. The summed E-state index contributed by atoms with van der Waals surface area (Å²) in [6.07, 6.45) is -6.92. The van der Waals surface area contributed by atoms with Gasteiger partial charge in [0.2, 0.25) is 6.29 Å². The first kappa shape index (κ1) is 29.9. The maximum Gasteiger partial charge on any atom is 0.523 e. The molecule has 2 aromatic rings. The number of carbonyl (C=O) groups is 3. The molecule has 0 saturated carbocycles. The highest BCUT2D eigenvalue weighted by molar-refractivity contribution is 7.87. The molecule has 1 aromatic carbocycles. The molecule has 5 atom stereocenters. The van der Waals surface area contributed by atoms with E-state index >= 15 is 0 Å². The van der Waals surface area contributed by atoms with Crippen LogP contribution in [0, 0.1) is 0 Å². The van der Waals surface area contributed by atoms with E-state index < -0.39 is 76.4 Å². The number of fused-ring (bicyclic) bond motifs is 1. The first-order valence-corrected chi connectivity index (χ1v) is 12.4. The Morgan fingerprint density at radius 3 is 2.13 bits per heavy atom. The molecule has 3 rings (SSSR count). The highest BCUT2D eigenvalue weighted by Gasteiger charge is 2.53. The fourth-order valence-electron chi connectivity index (χ4n) is 3.69. The third-order valence-electron chi connectivity index (χ3n) is 5.16. The Hall–Kier alpha value is -3.70. The zero-order chi connectivity index (χ0) is 29.1. The van der Waals surface area contributed by atoms with Gasteiger partial charge in [0.15, 0.2) is 12.2 Å². The summed E-state index contributed by atoms with van der Waals surface area (Å²) >= 11 is 0. The van der Waals surface area contributed by atoms with Gasteiger partial charge in [0.25, 0.3) is 0 Å². The van der Waals surface area contributed by atoms with Crippen molar-refractivity contribution in [1.29, 1.82) is 0 Å². The predicted octanol–water partition coefficient (Wildman–Crippen LogP) is 1.59. The minimum Gasteiger partial charge on any atom is -0.456 e. The Morgan fingerprint density at radius 1 is 0.949 bits per heavy atom. The largest absolute Gasteiger partial charge is 0.523 e. The third kappa shape index (κ3) is 7.45. The zero-order valence-electron chi connectivity index (χ0n) is 20.4. The van der Waals surface area contributed by atoms with E-state index in [2.05, 4.69) is 9.50 Å². The summed E-state index contributed by atoms with van der Waals surface area (Å²) in [5, 5.41) is 3.39. The summed E-state index contributed by atoms with van der Waals surface area (Å²) in [5.74, 6) is -2.88. The van der Waals surface area contributed by atoms with Crippen LogP contribution in [0.1, 0.15) is 20.8 Å². The van der Waals surface area contributed by atoms with Crippen molar-refractivity contribution < 1.29 is 63.5 Å². The van der Waals surface area contributed by atoms with E-state index in [9.17, 15) is 40.8 Å². The number of esters is 3. The highest BCUT2D eigenvalue weighted by atomic mass is 32.2. The van der Waals surface area contributed by atoms with E-state index in [0.717, 1.165) is 20.8 Å². The Labute approximate surface area is 218 Å². The van der Waals surface area contributed by atoms with Crippen molar-refractivity contribution in [3.63, 3.8) is 0 Å². The number of anilines is 1. The van der Waals surface area contributed by atoms with Crippen LogP contribution in [0.4, 0.5) is 18.9 Å².